The van der Waals surface area contributed by atoms with E-state index < -0.39 is 17.7 Å². The Morgan fingerprint density at radius 1 is 1.17 bits per heavy atom. The molecule has 0 aliphatic carbocycles. The van der Waals surface area contributed by atoms with Crippen LogP contribution < -0.4 is 5.32 Å². The maximum atomic E-state index is 13.0. The van der Waals surface area contributed by atoms with Gasteiger partial charge in [0.2, 0.25) is 5.95 Å². The van der Waals surface area contributed by atoms with Crippen LogP contribution in [0, 0.1) is 5.82 Å². The summed E-state index contributed by atoms with van der Waals surface area (Å²) in [6.07, 6.45) is 1.46. The third kappa shape index (κ3) is 3.73. The Hall–Kier alpha value is -3.55. The number of carbonyl (C=O) groups is 2. The van der Waals surface area contributed by atoms with Crippen LogP contribution in [-0.4, -0.2) is 31.7 Å². The van der Waals surface area contributed by atoms with Crippen LogP contribution in [0.1, 0.15) is 57.4 Å². The topological polar surface area (TPSA) is 97.1 Å². The first-order chi connectivity index (χ1) is 13.9. The molecule has 1 aliphatic heterocycles. The van der Waals surface area contributed by atoms with Gasteiger partial charge in [-0.15, -0.1) is 5.10 Å². The third-order valence-corrected chi connectivity index (χ3v) is 5.24. The van der Waals surface area contributed by atoms with Crippen molar-refractivity contribution >= 4 is 17.8 Å². The lowest BCUT2D eigenvalue weighted by Gasteiger charge is -2.29. The Morgan fingerprint density at radius 3 is 2.66 bits per heavy atom. The second-order valence-corrected chi connectivity index (χ2v) is 7.07. The van der Waals surface area contributed by atoms with Gasteiger partial charge in [0.05, 0.1) is 11.6 Å². The molecule has 0 fully saturated rings. The minimum absolute atomic E-state index is 0.0493. The Balaban J connectivity index is 1.54. The molecule has 8 heteroatoms. The zero-order valence-electron chi connectivity index (χ0n) is 15.7. The number of hydrogen-bond donors (Lipinski definition) is 2. The summed E-state index contributed by atoms with van der Waals surface area (Å²) >= 11 is 0. The lowest BCUT2D eigenvalue weighted by Crippen LogP contribution is -2.24. The molecule has 4 rings (SSSR count). The van der Waals surface area contributed by atoms with Gasteiger partial charge in [0.25, 0.3) is 5.91 Å². The number of carboxylic acid groups (broad SMARTS) is 1. The molecule has 2 atom stereocenters. The van der Waals surface area contributed by atoms with E-state index in [-0.39, 0.29) is 23.5 Å². The summed E-state index contributed by atoms with van der Waals surface area (Å²) in [6, 6.07) is 12.1. The molecule has 0 bridgehead atoms. The Kier molecular flexibility index (Phi) is 4.84. The number of hydrogen-bond acceptors (Lipinski definition) is 4. The van der Waals surface area contributed by atoms with E-state index in [4.69, 9.17) is 0 Å². The molecule has 1 amide bonds. The van der Waals surface area contributed by atoms with Gasteiger partial charge in [0, 0.05) is 17.9 Å². The Morgan fingerprint density at radius 2 is 1.93 bits per heavy atom. The number of carbonyl (C=O) groups excluding carboxylic acids is 1. The summed E-state index contributed by atoms with van der Waals surface area (Å²) in [5.74, 6) is -0.736. The second kappa shape index (κ2) is 7.46. The largest absolute Gasteiger partial charge is 0.478 e. The van der Waals surface area contributed by atoms with Crippen molar-refractivity contribution in [3.63, 3.8) is 0 Å². The van der Waals surface area contributed by atoms with Crippen molar-refractivity contribution in [2.24, 2.45) is 0 Å². The average molecular weight is 394 g/mol. The van der Waals surface area contributed by atoms with Crippen molar-refractivity contribution in [1.82, 2.24) is 14.8 Å². The maximum absolute atomic E-state index is 13.0. The van der Waals surface area contributed by atoms with Gasteiger partial charge < -0.3 is 5.11 Å². The summed E-state index contributed by atoms with van der Waals surface area (Å²) in [6.45, 7) is 2.00. The summed E-state index contributed by atoms with van der Waals surface area (Å²) in [5.41, 5.74) is 1.51. The normalized spacial score (nSPS) is 18.1. The van der Waals surface area contributed by atoms with Crippen LogP contribution in [-0.2, 0) is 6.42 Å². The number of carboxylic acids is 1. The number of halogens is 1. The van der Waals surface area contributed by atoms with E-state index in [1.54, 1.807) is 22.9 Å². The van der Waals surface area contributed by atoms with E-state index in [1.807, 2.05) is 13.0 Å². The van der Waals surface area contributed by atoms with E-state index in [9.17, 15) is 19.1 Å². The first-order valence-electron chi connectivity index (χ1n) is 9.28. The number of aromatic carboxylic acids is 1. The quantitative estimate of drug-likeness (QED) is 0.704. The number of aromatic nitrogens is 3. The summed E-state index contributed by atoms with van der Waals surface area (Å²) in [7, 11) is 0. The number of anilines is 1. The summed E-state index contributed by atoms with van der Waals surface area (Å²) in [5, 5.41) is 16.3. The van der Waals surface area contributed by atoms with Crippen molar-refractivity contribution < 1.29 is 19.1 Å². The standard InChI is InChI=1S/C21H19FN4O3/c1-12-17(14-3-2-4-15(11-14)20(28)29)9-10-18-23-21(25-26(12)18)24-19(27)13-5-7-16(22)8-6-13/h2-8,11-12,17H,9-10H2,1H3,(H,28,29)(H,24,25,27). The van der Waals surface area contributed by atoms with Gasteiger partial charge in [-0.1, -0.05) is 12.1 Å². The number of aryl methyl sites for hydroxylation is 1. The van der Waals surface area contributed by atoms with Crippen LogP contribution in [0.5, 0.6) is 0 Å². The lowest BCUT2D eigenvalue weighted by atomic mass is 9.85. The van der Waals surface area contributed by atoms with Crippen LogP contribution >= 0.6 is 0 Å². The zero-order chi connectivity index (χ0) is 20.5. The molecule has 2 unspecified atom stereocenters. The second-order valence-electron chi connectivity index (χ2n) is 7.07. The van der Waals surface area contributed by atoms with Crippen LogP contribution in [0.15, 0.2) is 48.5 Å². The van der Waals surface area contributed by atoms with E-state index in [2.05, 4.69) is 15.4 Å². The lowest BCUT2D eigenvalue weighted by molar-refractivity contribution is 0.0696. The fourth-order valence-electron chi connectivity index (χ4n) is 3.72. The van der Waals surface area contributed by atoms with E-state index in [0.717, 1.165) is 17.8 Å². The third-order valence-electron chi connectivity index (χ3n) is 5.24. The molecule has 2 heterocycles. The Bertz CT molecular complexity index is 1080. The molecule has 7 nitrogen and oxygen atoms in total. The molecular weight excluding hydrogens is 375 g/mol. The average Bonchev–Trinajstić information content (AvgIpc) is 3.12. The number of nitrogens with one attached hydrogen (secondary N) is 1. The highest BCUT2D eigenvalue weighted by Crippen LogP contribution is 2.37. The minimum Gasteiger partial charge on any atom is -0.478 e. The SMILES string of the molecule is CC1C(c2cccc(C(=O)O)c2)CCc2nc(NC(=O)c3ccc(F)cc3)nn21. The van der Waals surface area contributed by atoms with Crippen molar-refractivity contribution in [2.45, 2.75) is 31.7 Å². The molecule has 0 saturated heterocycles. The molecule has 0 radical (unpaired) electrons. The molecule has 2 aromatic carbocycles. The Labute approximate surface area is 166 Å². The van der Waals surface area contributed by atoms with Crippen LogP contribution in [0.4, 0.5) is 10.3 Å². The van der Waals surface area contributed by atoms with Crippen molar-refractivity contribution in [3.05, 3.63) is 76.9 Å². The van der Waals surface area contributed by atoms with E-state index in [0.29, 0.717) is 12.0 Å². The molecular formula is C21H19FN4O3. The molecule has 0 spiro atoms. The van der Waals surface area contributed by atoms with Gasteiger partial charge >= 0.3 is 5.97 Å². The maximum Gasteiger partial charge on any atom is 0.335 e. The first kappa shape index (κ1) is 18.8. The van der Waals surface area contributed by atoms with Crippen molar-refractivity contribution in [1.29, 1.82) is 0 Å². The fourth-order valence-corrected chi connectivity index (χ4v) is 3.72. The van der Waals surface area contributed by atoms with Crippen molar-refractivity contribution in [2.75, 3.05) is 5.32 Å². The number of benzene rings is 2. The highest BCUT2D eigenvalue weighted by molar-refractivity contribution is 6.03. The summed E-state index contributed by atoms with van der Waals surface area (Å²) in [4.78, 5) is 28.0. The highest BCUT2D eigenvalue weighted by Gasteiger charge is 2.30. The highest BCUT2D eigenvalue weighted by atomic mass is 19.1. The molecule has 148 valence electrons. The van der Waals surface area contributed by atoms with Gasteiger partial charge in [-0.2, -0.15) is 4.98 Å². The zero-order valence-corrected chi connectivity index (χ0v) is 15.7. The number of nitrogens with zero attached hydrogens (tertiary/aromatic N) is 3. The smallest absolute Gasteiger partial charge is 0.335 e. The predicted octanol–water partition coefficient (Wildman–Crippen LogP) is 3.66. The van der Waals surface area contributed by atoms with Gasteiger partial charge in [-0.3, -0.25) is 10.1 Å². The fraction of sp³-hybridized carbons (Fsp3) is 0.238. The molecule has 1 aliphatic rings. The summed E-state index contributed by atoms with van der Waals surface area (Å²) < 4.78 is 14.8. The van der Waals surface area contributed by atoms with Gasteiger partial charge in [0.1, 0.15) is 11.6 Å². The molecule has 29 heavy (non-hydrogen) atoms. The van der Waals surface area contributed by atoms with Crippen LogP contribution in [0.3, 0.4) is 0 Å². The van der Waals surface area contributed by atoms with Gasteiger partial charge in [-0.05, 0) is 55.3 Å². The van der Waals surface area contributed by atoms with E-state index >= 15 is 0 Å². The molecule has 2 N–H and O–H groups in total. The van der Waals surface area contributed by atoms with E-state index in [1.165, 1.54) is 24.3 Å². The molecule has 0 saturated carbocycles. The van der Waals surface area contributed by atoms with Crippen LogP contribution in [0.2, 0.25) is 0 Å². The number of fused-ring (bicyclic) bond motifs is 1. The molecule has 1 aromatic heterocycles. The predicted molar refractivity (Wildman–Crippen MR) is 104 cm³/mol. The van der Waals surface area contributed by atoms with Crippen LogP contribution in [0.25, 0.3) is 0 Å². The first-order valence-corrected chi connectivity index (χ1v) is 9.28. The number of amides is 1. The van der Waals surface area contributed by atoms with Gasteiger partial charge in [0.15, 0.2) is 0 Å². The van der Waals surface area contributed by atoms with Crippen molar-refractivity contribution in [3.8, 4) is 0 Å². The molecule has 3 aromatic rings. The minimum atomic E-state index is -0.956. The number of rotatable bonds is 4. The monoisotopic (exact) mass is 394 g/mol. The van der Waals surface area contributed by atoms with Gasteiger partial charge in [-0.25, -0.2) is 13.9 Å².